The Balaban J connectivity index is 1.81. The van der Waals surface area contributed by atoms with E-state index in [1.165, 1.54) is 25.1 Å². The van der Waals surface area contributed by atoms with Gasteiger partial charge in [0.05, 0.1) is 4.90 Å². The molecule has 0 unspecified atom stereocenters. The number of hydrogen-bond donors (Lipinski definition) is 1. The van der Waals surface area contributed by atoms with E-state index in [4.69, 9.17) is 0 Å². The van der Waals surface area contributed by atoms with Crippen LogP contribution in [0.1, 0.15) is 11.1 Å². The zero-order valence-electron chi connectivity index (χ0n) is 12.6. The molecule has 0 aromatic heterocycles. The van der Waals surface area contributed by atoms with Crippen molar-refractivity contribution in [2.24, 2.45) is 0 Å². The molecule has 0 fully saturated rings. The van der Waals surface area contributed by atoms with Gasteiger partial charge in [0.15, 0.2) is 0 Å². The number of sulfonamides is 1. The largest absolute Gasteiger partial charge is 0.240 e. The number of hydrogen-bond acceptors (Lipinski definition) is 2. The summed E-state index contributed by atoms with van der Waals surface area (Å²) >= 11 is 0. The van der Waals surface area contributed by atoms with Gasteiger partial charge in [0.2, 0.25) is 10.0 Å². The van der Waals surface area contributed by atoms with Crippen molar-refractivity contribution in [1.82, 2.24) is 4.72 Å². The van der Waals surface area contributed by atoms with Crippen molar-refractivity contribution in [2.75, 3.05) is 0 Å². The molecule has 0 aliphatic carbocycles. The quantitative estimate of drug-likeness (QED) is 0.792. The Morgan fingerprint density at radius 2 is 1.70 bits per heavy atom. The lowest BCUT2D eigenvalue weighted by Crippen LogP contribution is -2.23. The van der Waals surface area contributed by atoms with Gasteiger partial charge in [-0.2, -0.15) is 0 Å². The van der Waals surface area contributed by atoms with E-state index in [0.29, 0.717) is 5.56 Å². The lowest BCUT2D eigenvalue weighted by atomic mass is 10.1. The highest BCUT2D eigenvalue weighted by molar-refractivity contribution is 7.89. The average molecular weight is 329 g/mol. The van der Waals surface area contributed by atoms with Gasteiger partial charge >= 0.3 is 0 Å². The minimum absolute atomic E-state index is 0.0668. The Bertz CT molecular complexity index is 968. The second-order valence-corrected chi connectivity index (χ2v) is 7.18. The molecule has 118 valence electrons. The van der Waals surface area contributed by atoms with Crippen molar-refractivity contribution < 1.29 is 12.8 Å². The Morgan fingerprint density at radius 1 is 0.957 bits per heavy atom. The monoisotopic (exact) mass is 329 g/mol. The summed E-state index contributed by atoms with van der Waals surface area (Å²) in [6, 6.07) is 17.5. The highest BCUT2D eigenvalue weighted by Gasteiger charge is 2.15. The first-order chi connectivity index (χ1) is 11.0. The molecule has 0 bridgehead atoms. The topological polar surface area (TPSA) is 46.2 Å². The van der Waals surface area contributed by atoms with Crippen LogP contribution in [0.2, 0.25) is 0 Å². The fourth-order valence-electron chi connectivity index (χ4n) is 2.39. The second-order valence-electron chi connectivity index (χ2n) is 5.42. The van der Waals surface area contributed by atoms with E-state index in [9.17, 15) is 12.8 Å². The van der Waals surface area contributed by atoms with Gasteiger partial charge < -0.3 is 0 Å². The number of aryl methyl sites for hydroxylation is 1. The third-order valence-corrected chi connectivity index (χ3v) is 5.12. The van der Waals surface area contributed by atoms with Crippen molar-refractivity contribution in [3.05, 3.63) is 77.6 Å². The number of fused-ring (bicyclic) bond motifs is 1. The summed E-state index contributed by atoms with van der Waals surface area (Å²) in [6.07, 6.45) is 0. The maximum atomic E-state index is 13.3. The molecule has 3 nitrogen and oxygen atoms in total. The summed E-state index contributed by atoms with van der Waals surface area (Å²) < 4.78 is 40.4. The van der Waals surface area contributed by atoms with Gasteiger partial charge in [0.1, 0.15) is 5.82 Å². The van der Waals surface area contributed by atoms with Crippen molar-refractivity contribution in [2.45, 2.75) is 18.4 Å². The molecule has 0 heterocycles. The molecular formula is C18H16FNO2S. The van der Waals surface area contributed by atoms with Gasteiger partial charge in [-0.3, -0.25) is 0 Å². The highest BCUT2D eigenvalue weighted by Crippen LogP contribution is 2.17. The maximum Gasteiger partial charge on any atom is 0.240 e. The predicted octanol–water partition coefficient (Wildman–Crippen LogP) is 3.77. The summed E-state index contributed by atoms with van der Waals surface area (Å²) in [5, 5.41) is 2.16. The molecule has 1 N–H and O–H groups in total. The molecule has 3 aromatic carbocycles. The maximum absolute atomic E-state index is 13.3. The highest BCUT2D eigenvalue weighted by atomic mass is 32.2. The summed E-state index contributed by atoms with van der Waals surface area (Å²) in [5.74, 6) is -0.418. The van der Waals surface area contributed by atoms with Crippen LogP contribution in [0.3, 0.4) is 0 Å². The Morgan fingerprint density at radius 3 is 2.43 bits per heavy atom. The molecule has 0 radical (unpaired) electrons. The fourth-order valence-corrected chi connectivity index (χ4v) is 3.50. The first-order valence-corrected chi connectivity index (χ1v) is 8.67. The van der Waals surface area contributed by atoms with Crippen LogP contribution in [0.4, 0.5) is 4.39 Å². The second kappa shape index (κ2) is 6.10. The molecule has 0 saturated carbocycles. The number of rotatable bonds is 4. The van der Waals surface area contributed by atoms with Crippen molar-refractivity contribution >= 4 is 20.8 Å². The summed E-state index contributed by atoms with van der Waals surface area (Å²) in [7, 11) is -3.67. The van der Waals surface area contributed by atoms with Crippen LogP contribution < -0.4 is 4.72 Å². The van der Waals surface area contributed by atoms with Crippen LogP contribution in [-0.2, 0) is 16.6 Å². The molecule has 0 atom stereocenters. The number of benzene rings is 3. The molecule has 0 aliphatic rings. The normalized spacial score (nSPS) is 11.7. The first-order valence-electron chi connectivity index (χ1n) is 7.19. The Hall–Kier alpha value is -2.24. The van der Waals surface area contributed by atoms with Gasteiger partial charge in [0.25, 0.3) is 0 Å². The predicted molar refractivity (Wildman–Crippen MR) is 89.1 cm³/mol. The van der Waals surface area contributed by atoms with Crippen LogP contribution in [0.25, 0.3) is 10.8 Å². The standard InChI is InChI=1S/C18H16FNO2S/c1-13-10-17(8-9-18(13)19)23(21,22)20-12-14-6-7-15-4-2-3-5-16(15)11-14/h2-11,20H,12H2,1H3. The van der Waals surface area contributed by atoms with Crippen LogP contribution >= 0.6 is 0 Å². The molecule has 0 aliphatic heterocycles. The van der Waals surface area contributed by atoms with Gasteiger partial charge in [-0.15, -0.1) is 0 Å². The molecule has 3 rings (SSSR count). The van der Waals surface area contributed by atoms with Crippen LogP contribution in [0.5, 0.6) is 0 Å². The molecule has 0 spiro atoms. The third kappa shape index (κ3) is 3.41. The summed E-state index contributed by atoms with van der Waals surface area (Å²) in [6.45, 7) is 1.72. The molecule has 23 heavy (non-hydrogen) atoms. The first kappa shape index (κ1) is 15.6. The van der Waals surface area contributed by atoms with Crippen molar-refractivity contribution in [1.29, 1.82) is 0 Å². The fraction of sp³-hybridized carbons (Fsp3) is 0.111. The smallest absolute Gasteiger partial charge is 0.207 e. The lowest BCUT2D eigenvalue weighted by molar-refractivity contribution is 0.579. The Kier molecular flexibility index (Phi) is 4.15. The summed E-state index contributed by atoms with van der Waals surface area (Å²) in [5.41, 5.74) is 1.17. The number of nitrogens with one attached hydrogen (secondary N) is 1. The van der Waals surface area contributed by atoms with Crippen molar-refractivity contribution in [3.8, 4) is 0 Å². The van der Waals surface area contributed by atoms with Crippen LogP contribution in [-0.4, -0.2) is 8.42 Å². The zero-order valence-corrected chi connectivity index (χ0v) is 13.4. The molecule has 0 saturated heterocycles. The SMILES string of the molecule is Cc1cc(S(=O)(=O)NCc2ccc3ccccc3c2)ccc1F. The molecule has 3 aromatic rings. The van der Waals surface area contributed by atoms with E-state index in [-0.39, 0.29) is 11.4 Å². The number of halogens is 1. The van der Waals surface area contributed by atoms with E-state index < -0.39 is 15.8 Å². The molecule has 5 heteroatoms. The molecule has 0 amide bonds. The van der Waals surface area contributed by atoms with Gasteiger partial charge in [-0.1, -0.05) is 36.4 Å². The van der Waals surface area contributed by atoms with E-state index in [1.54, 1.807) is 0 Å². The van der Waals surface area contributed by atoms with E-state index in [2.05, 4.69) is 4.72 Å². The minimum atomic E-state index is -3.67. The van der Waals surface area contributed by atoms with Gasteiger partial charge in [-0.05, 0) is 53.1 Å². The zero-order chi connectivity index (χ0) is 16.4. The lowest BCUT2D eigenvalue weighted by Gasteiger charge is -2.09. The van der Waals surface area contributed by atoms with Crippen molar-refractivity contribution in [3.63, 3.8) is 0 Å². The average Bonchev–Trinajstić information content (AvgIpc) is 2.55. The van der Waals surface area contributed by atoms with Crippen LogP contribution in [0, 0.1) is 12.7 Å². The molecular weight excluding hydrogens is 313 g/mol. The van der Waals surface area contributed by atoms with Gasteiger partial charge in [0, 0.05) is 6.54 Å². The Labute approximate surface area is 134 Å². The van der Waals surface area contributed by atoms with E-state index >= 15 is 0 Å². The minimum Gasteiger partial charge on any atom is -0.207 e. The third-order valence-electron chi connectivity index (χ3n) is 3.72. The van der Waals surface area contributed by atoms with Gasteiger partial charge in [-0.25, -0.2) is 17.5 Å². The van der Waals surface area contributed by atoms with E-state index in [0.717, 1.165) is 16.3 Å². The summed E-state index contributed by atoms with van der Waals surface area (Å²) in [4.78, 5) is 0.0668. The van der Waals surface area contributed by atoms with E-state index in [1.807, 2.05) is 42.5 Å². The van der Waals surface area contributed by atoms with Crippen LogP contribution in [0.15, 0.2) is 65.6 Å².